The highest BCUT2D eigenvalue weighted by Crippen LogP contribution is 2.31. The Morgan fingerprint density at radius 2 is 2.07 bits per heavy atom. The van der Waals surface area contributed by atoms with E-state index in [1.54, 1.807) is 29.9 Å². The van der Waals surface area contributed by atoms with Crippen LogP contribution in [0.1, 0.15) is 36.3 Å². The highest BCUT2D eigenvalue weighted by molar-refractivity contribution is 7.89. The number of nitrogens with zero attached hydrogens (tertiary/aromatic N) is 4. The van der Waals surface area contributed by atoms with E-state index in [0.717, 1.165) is 23.6 Å². The van der Waals surface area contributed by atoms with Gasteiger partial charge in [0.05, 0.1) is 17.1 Å². The predicted molar refractivity (Wildman–Crippen MR) is 113 cm³/mol. The summed E-state index contributed by atoms with van der Waals surface area (Å²) in [6, 6.07) is 9.10. The minimum absolute atomic E-state index is 0.0434. The number of ether oxygens (including phenoxy) is 1. The van der Waals surface area contributed by atoms with Gasteiger partial charge in [0.2, 0.25) is 10.0 Å². The smallest absolute Gasteiger partial charge is 0.246 e. The lowest BCUT2D eigenvalue weighted by Crippen LogP contribution is -2.29. The number of nitrogens with one attached hydrogen (secondary N) is 1. The number of benzene rings is 1. The molecule has 1 atom stereocenters. The maximum atomic E-state index is 13.1. The largest absolute Gasteiger partial charge is 0.487 e. The number of hydrogen-bond acceptors (Lipinski definition) is 5. The van der Waals surface area contributed by atoms with Gasteiger partial charge in [-0.05, 0) is 50.6 Å². The first-order valence-electron chi connectivity index (χ1n) is 9.83. The molecule has 1 aliphatic heterocycles. The summed E-state index contributed by atoms with van der Waals surface area (Å²) in [6.45, 7) is 5.51. The zero-order valence-corrected chi connectivity index (χ0v) is 18.4. The van der Waals surface area contributed by atoms with E-state index in [-0.39, 0.29) is 10.8 Å². The van der Waals surface area contributed by atoms with Crippen LogP contribution in [0.3, 0.4) is 0 Å². The average Bonchev–Trinajstić information content (AvgIpc) is 3.46. The van der Waals surface area contributed by atoms with E-state index in [2.05, 4.69) is 15.3 Å². The molecule has 10 heteroatoms. The Kier molecular flexibility index (Phi) is 5.86. The Labute approximate surface area is 180 Å². The van der Waals surface area contributed by atoms with E-state index in [9.17, 15) is 8.42 Å². The van der Waals surface area contributed by atoms with Gasteiger partial charge in [-0.2, -0.15) is 14.5 Å². The third-order valence-electron chi connectivity index (χ3n) is 5.27. The van der Waals surface area contributed by atoms with Crippen molar-refractivity contribution in [1.82, 2.24) is 24.3 Å². The quantitative estimate of drug-likeness (QED) is 0.597. The number of H-pyrrole nitrogens is 1. The van der Waals surface area contributed by atoms with Gasteiger partial charge in [-0.1, -0.05) is 11.6 Å². The lowest BCUT2D eigenvalue weighted by atomic mass is 10.1. The van der Waals surface area contributed by atoms with Crippen LogP contribution in [0, 0.1) is 6.92 Å². The first-order valence-corrected chi connectivity index (χ1v) is 11.7. The molecule has 4 rings (SSSR count). The molecule has 1 N–H and O–H groups in total. The van der Waals surface area contributed by atoms with E-state index in [4.69, 9.17) is 16.3 Å². The van der Waals surface area contributed by atoms with Crippen molar-refractivity contribution < 1.29 is 13.2 Å². The van der Waals surface area contributed by atoms with Crippen molar-refractivity contribution in [3.63, 3.8) is 0 Å². The Morgan fingerprint density at radius 3 is 2.77 bits per heavy atom. The molecular weight excluding hydrogens is 426 g/mol. The molecule has 3 heterocycles. The maximum absolute atomic E-state index is 13.1. The Balaban J connectivity index is 1.41. The molecule has 8 nitrogen and oxygen atoms in total. The molecule has 0 amide bonds. The van der Waals surface area contributed by atoms with E-state index in [1.165, 1.54) is 4.31 Å². The van der Waals surface area contributed by atoms with Crippen LogP contribution in [0.5, 0.6) is 5.75 Å². The Morgan fingerprint density at radius 1 is 1.30 bits per heavy atom. The first-order chi connectivity index (χ1) is 14.4. The second-order valence-electron chi connectivity index (χ2n) is 7.34. The number of aromatic amines is 1. The van der Waals surface area contributed by atoms with Crippen molar-refractivity contribution in [2.24, 2.45) is 0 Å². The molecule has 0 radical (unpaired) electrons. The van der Waals surface area contributed by atoms with Crippen LogP contribution < -0.4 is 4.74 Å². The summed E-state index contributed by atoms with van der Waals surface area (Å²) in [5.74, 6) is 0.763. The number of aryl methyl sites for hydroxylation is 2. The molecule has 3 aromatic rings. The van der Waals surface area contributed by atoms with Crippen molar-refractivity contribution >= 4 is 21.6 Å². The van der Waals surface area contributed by atoms with Gasteiger partial charge in [0, 0.05) is 36.8 Å². The van der Waals surface area contributed by atoms with Gasteiger partial charge in [0.25, 0.3) is 0 Å². The van der Waals surface area contributed by atoms with Crippen LogP contribution in [0.15, 0.2) is 41.4 Å². The number of aromatic nitrogens is 4. The van der Waals surface area contributed by atoms with Crippen LogP contribution in [0.2, 0.25) is 5.02 Å². The maximum Gasteiger partial charge on any atom is 0.246 e. The zero-order valence-electron chi connectivity index (χ0n) is 16.9. The Bertz CT molecular complexity index is 1120. The predicted octanol–water partition coefficient (Wildman–Crippen LogP) is 3.35. The second kappa shape index (κ2) is 8.41. The highest BCUT2D eigenvalue weighted by Gasteiger charge is 2.36. The summed E-state index contributed by atoms with van der Waals surface area (Å²) < 4.78 is 35.0. The fourth-order valence-corrected chi connectivity index (χ4v) is 5.39. The minimum Gasteiger partial charge on any atom is -0.487 e. The van der Waals surface area contributed by atoms with Crippen molar-refractivity contribution in [3.05, 3.63) is 58.6 Å². The lowest BCUT2D eigenvalue weighted by Gasteiger charge is -2.15. The molecule has 1 aliphatic rings. The fourth-order valence-electron chi connectivity index (χ4n) is 3.60. The van der Waals surface area contributed by atoms with E-state index >= 15 is 0 Å². The van der Waals surface area contributed by atoms with Gasteiger partial charge in [-0.25, -0.2) is 8.42 Å². The Hall–Kier alpha value is -2.36. The standard InChI is InChI=1S/C20H24ClN5O3S/c1-3-25-12-20(14(2)24-25)30(27,28)26-9-8-15(11-26)19-10-17(22-23-19)13-29-18-6-4-16(21)5-7-18/h4-7,10,12,15H,3,8-9,11,13H2,1-2H3,(H,22,23)/t15-/m1/s1. The number of sulfonamides is 1. The molecule has 0 bridgehead atoms. The SMILES string of the molecule is CCn1cc(S(=O)(=O)N2CC[C@@H](c3cc(COc4ccc(Cl)cc4)[nH]n3)C2)c(C)n1. The first kappa shape index (κ1) is 20.9. The third-order valence-corrected chi connectivity index (χ3v) is 7.49. The van der Waals surface area contributed by atoms with Crippen LogP contribution >= 0.6 is 11.6 Å². The summed E-state index contributed by atoms with van der Waals surface area (Å²) in [7, 11) is -3.57. The molecule has 0 unspecified atom stereocenters. The van der Waals surface area contributed by atoms with Crippen LogP contribution in [0.4, 0.5) is 0 Å². The van der Waals surface area contributed by atoms with E-state index in [0.29, 0.717) is 37.0 Å². The van der Waals surface area contributed by atoms with Crippen molar-refractivity contribution in [2.45, 2.75) is 44.2 Å². The molecule has 2 aromatic heterocycles. The average molecular weight is 450 g/mol. The monoisotopic (exact) mass is 449 g/mol. The number of hydrogen-bond donors (Lipinski definition) is 1. The van der Waals surface area contributed by atoms with Crippen LogP contribution in [-0.4, -0.2) is 45.8 Å². The highest BCUT2D eigenvalue weighted by atomic mass is 35.5. The number of halogens is 1. The summed E-state index contributed by atoms with van der Waals surface area (Å²) in [5, 5.41) is 12.3. The second-order valence-corrected chi connectivity index (χ2v) is 9.69. The summed E-state index contributed by atoms with van der Waals surface area (Å²) in [6.07, 6.45) is 2.33. The topological polar surface area (TPSA) is 93.1 Å². The van der Waals surface area contributed by atoms with Gasteiger partial charge in [-0.3, -0.25) is 9.78 Å². The summed E-state index contributed by atoms with van der Waals surface area (Å²) in [4.78, 5) is 0.282. The van der Waals surface area contributed by atoms with Gasteiger partial charge < -0.3 is 4.74 Å². The third kappa shape index (κ3) is 4.23. The normalized spacial score (nSPS) is 17.5. The van der Waals surface area contributed by atoms with Gasteiger partial charge in [0.15, 0.2) is 0 Å². The van der Waals surface area contributed by atoms with E-state index < -0.39 is 10.0 Å². The molecule has 0 aliphatic carbocycles. The molecule has 0 saturated carbocycles. The molecule has 160 valence electrons. The van der Waals surface area contributed by atoms with Crippen molar-refractivity contribution in [2.75, 3.05) is 13.1 Å². The minimum atomic E-state index is -3.57. The fraction of sp³-hybridized carbons (Fsp3) is 0.400. The van der Waals surface area contributed by atoms with Crippen molar-refractivity contribution in [3.8, 4) is 5.75 Å². The van der Waals surface area contributed by atoms with Crippen LogP contribution in [-0.2, 0) is 23.2 Å². The molecule has 1 aromatic carbocycles. The zero-order chi connectivity index (χ0) is 21.3. The van der Waals surface area contributed by atoms with E-state index in [1.807, 2.05) is 25.1 Å². The molecule has 0 spiro atoms. The van der Waals surface area contributed by atoms with Crippen molar-refractivity contribution in [1.29, 1.82) is 0 Å². The lowest BCUT2D eigenvalue weighted by molar-refractivity contribution is 0.301. The summed E-state index contributed by atoms with van der Waals surface area (Å²) in [5.41, 5.74) is 2.21. The molecule has 1 fully saturated rings. The number of rotatable bonds is 7. The van der Waals surface area contributed by atoms with Gasteiger partial charge in [0.1, 0.15) is 17.3 Å². The molecular formula is C20H24ClN5O3S. The molecule has 30 heavy (non-hydrogen) atoms. The van der Waals surface area contributed by atoms with Gasteiger partial charge >= 0.3 is 0 Å². The van der Waals surface area contributed by atoms with Crippen LogP contribution in [0.25, 0.3) is 0 Å². The van der Waals surface area contributed by atoms with Gasteiger partial charge in [-0.15, -0.1) is 0 Å². The molecule has 1 saturated heterocycles. The summed E-state index contributed by atoms with van der Waals surface area (Å²) >= 11 is 5.88.